The van der Waals surface area contributed by atoms with Gasteiger partial charge in [-0.1, -0.05) is 24.6 Å². The van der Waals surface area contributed by atoms with Crippen LogP contribution in [0.25, 0.3) is 10.8 Å². The molecule has 1 aromatic heterocycles. The minimum atomic E-state index is -3.53. The zero-order valence-corrected chi connectivity index (χ0v) is 17.1. The van der Waals surface area contributed by atoms with E-state index in [1.54, 1.807) is 24.3 Å². The Morgan fingerprint density at radius 1 is 1.00 bits per heavy atom. The number of carbonyl (C=O) groups is 1. The van der Waals surface area contributed by atoms with E-state index in [9.17, 15) is 18.0 Å². The van der Waals surface area contributed by atoms with Crippen LogP contribution < -0.4 is 10.9 Å². The molecule has 4 rings (SSSR count). The van der Waals surface area contributed by atoms with Crippen molar-refractivity contribution >= 4 is 26.7 Å². The van der Waals surface area contributed by atoms with E-state index in [1.165, 1.54) is 28.6 Å². The molecule has 0 atom stereocenters. The van der Waals surface area contributed by atoms with Crippen molar-refractivity contribution in [3.05, 3.63) is 70.1 Å². The molecular formula is C21H22N4O4S. The van der Waals surface area contributed by atoms with Crippen LogP contribution >= 0.6 is 0 Å². The number of carbonyl (C=O) groups excluding carboxylic acids is 1. The first-order valence-corrected chi connectivity index (χ1v) is 11.3. The van der Waals surface area contributed by atoms with E-state index >= 15 is 0 Å². The third-order valence-electron chi connectivity index (χ3n) is 5.26. The summed E-state index contributed by atoms with van der Waals surface area (Å²) >= 11 is 0. The molecule has 30 heavy (non-hydrogen) atoms. The number of amides is 1. The van der Waals surface area contributed by atoms with Crippen LogP contribution in [0.5, 0.6) is 0 Å². The predicted molar refractivity (Wildman–Crippen MR) is 113 cm³/mol. The number of sulfonamides is 1. The van der Waals surface area contributed by atoms with Gasteiger partial charge in [0.15, 0.2) is 0 Å². The summed E-state index contributed by atoms with van der Waals surface area (Å²) in [6.45, 7) is 1.19. The second-order valence-electron chi connectivity index (χ2n) is 7.22. The highest BCUT2D eigenvalue weighted by atomic mass is 32.2. The van der Waals surface area contributed by atoms with Gasteiger partial charge in [-0.2, -0.15) is 9.40 Å². The molecule has 3 aromatic rings. The van der Waals surface area contributed by atoms with Crippen LogP contribution in [0, 0.1) is 0 Å². The van der Waals surface area contributed by atoms with Gasteiger partial charge in [-0.3, -0.25) is 9.59 Å². The summed E-state index contributed by atoms with van der Waals surface area (Å²) in [6, 6.07) is 13.0. The van der Waals surface area contributed by atoms with Crippen LogP contribution in [-0.2, 0) is 16.6 Å². The maximum absolute atomic E-state index is 12.7. The number of rotatable bonds is 5. The van der Waals surface area contributed by atoms with E-state index in [2.05, 4.69) is 15.5 Å². The quantitative estimate of drug-likeness (QED) is 0.648. The molecule has 2 aromatic carbocycles. The lowest BCUT2D eigenvalue weighted by atomic mass is 10.1. The lowest BCUT2D eigenvalue weighted by molar-refractivity contribution is 0.0950. The average molecular weight is 426 g/mol. The van der Waals surface area contributed by atoms with E-state index in [0.717, 1.165) is 19.3 Å². The highest BCUT2D eigenvalue weighted by molar-refractivity contribution is 7.89. The number of aromatic amines is 1. The summed E-state index contributed by atoms with van der Waals surface area (Å²) in [4.78, 5) is 24.6. The van der Waals surface area contributed by atoms with E-state index in [4.69, 9.17) is 0 Å². The number of fused-ring (bicyclic) bond motifs is 1. The fourth-order valence-corrected chi connectivity index (χ4v) is 5.12. The predicted octanol–water partition coefficient (Wildman–Crippen LogP) is 2.03. The fourth-order valence-electron chi connectivity index (χ4n) is 3.60. The van der Waals surface area contributed by atoms with Crippen molar-refractivity contribution in [3.8, 4) is 0 Å². The lowest BCUT2D eigenvalue weighted by Crippen LogP contribution is -2.35. The number of benzene rings is 2. The number of piperidine rings is 1. The smallest absolute Gasteiger partial charge is 0.272 e. The number of nitrogens with zero attached hydrogens (tertiary/aromatic N) is 2. The summed E-state index contributed by atoms with van der Waals surface area (Å²) in [5.41, 5.74) is 0.607. The SMILES string of the molecule is O=C(NCc1n[nH]c(=O)c2ccccc12)c1ccc(S(=O)(=O)N2CCCCC2)cc1. The monoisotopic (exact) mass is 426 g/mol. The molecule has 0 spiro atoms. The summed E-state index contributed by atoms with van der Waals surface area (Å²) in [5.74, 6) is -0.353. The van der Waals surface area contributed by atoms with E-state index in [-0.39, 0.29) is 22.9 Å². The van der Waals surface area contributed by atoms with E-state index in [0.29, 0.717) is 35.1 Å². The molecule has 0 aliphatic carbocycles. The molecular weight excluding hydrogens is 404 g/mol. The minimum Gasteiger partial charge on any atom is -0.346 e. The first-order valence-electron chi connectivity index (χ1n) is 9.81. The Kier molecular flexibility index (Phi) is 5.65. The van der Waals surface area contributed by atoms with Crippen molar-refractivity contribution in [1.82, 2.24) is 19.8 Å². The molecule has 0 saturated carbocycles. The molecule has 156 valence electrons. The topological polar surface area (TPSA) is 112 Å². The second-order valence-corrected chi connectivity index (χ2v) is 9.15. The number of H-pyrrole nitrogens is 1. The van der Waals surface area contributed by atoms with Gasteiger partial charge in [-0.15, -0.1) is 0 Å². The van der Waals surface area contributed by atoms with Crippen molar-refractivity contribution < 1.29 is 13.2 Å². The molecule has 1 aliphatic heterocycles. The van der Waals surface area contributed by atoms with Gasteiger partial charge >= 0.3 is 0 Å². The van der Waals surface area contributed by atoms with Crippen LogP contribution in [0.3, 0.4) is 0 Å². The number of hydrogen-bond acceptors (Lipinski definition) is 5. The van der Waals surface area contributed by atoms with Crippen molar-refractivity contribution in [2.75, 3.05) is 13.1 Å². The van der Waals surface area contributed by atoms with Gasteiger partial charge in [0.25, 0.3) is 11.5 Å². The Morgan fingerprint density at radius 2 is 1.67 bits per heavy atom. The van der Waals surface area contributed by atoms with E-state index in [1.807, 2.05) is 0 Å². The maximum atomic E-state index is 12.7. The fraction of sp³-hybridized carbons (Fsp3) is 0.286. The van der Waals surface area contributed by atoms with Gasteiger partial charge in [0.05, 0.1) is 22.5 Å². The van der Waals surface area contributed by atoms with Crippen LogP contribution in [-0.4, -0.2) is 41.9 Å². The van der Waals surface area contributed by atoms with Crippen LogP contribution in [0.1, 0.15) is 35.3 Å². The Morgan fingerprint density at radius 3 is 2.37 bits per heavy atom. The minimum absolute atomic E-state index is 0.129. The van der Waals surface area contributed by atoms with Crippen molar-refractivity contribution in [2.45, 2.75) is 30.7 Å². The zero-order valence-electron chi connectivity index (χ0n) is 16.3. The first kappa shape index (κ1) is 20.2. The number of hydrogen-bond donors (Lipinski definition) is 2. The molecule has 1 aliphatic rings. The number of nitrogens with one attached hydrogen (secondary N) is 2. The third-order valence-corrected chi connectivity index (χ3v) is 7.17. The van der Waals surface area contributed by atoms with E-state index < -0.39 is 10.0 Å². The summed E-state index contributed by atoms with van der Waals surface area (Å²) in [7, 11) is -3.53. The number of aromatic nitrogens is 2. The molecule has 1 saturated heterocycles. The first-order chi connectivity index (χ1) is 14.5. The van der Waals surface area contributed by atoms with Gasteiger partial charge in [0.1, 0.15) is 0 Å². The zero-order chi connectivity index (χ0) is 21.1. The van der Waals surface area contributed by atoms with Crippen LogP contribution in [0.4, 0.5) is 0 Å². The van der Waals surface area contributed by atoms with Gasteiger partial charge in [0, 0.05) is 24.0 Å². The van der Waals surface area contributed by atoms with Crippen LogP contribution in [0.15, 0.2) is 58.2 Å². The molecule has 0 radical (unpaired) electrons. The molecule has 9 heteroatoms. The molecule has 0 unspecified atom stereocenters. The molecule has 1 fully saturated rings. The van der Waals surface area contributed by atoms with Gasteiger partial charge < -0.3 is 5.32 Å². The maximum Gasteiger partial charge on any atom is 0.272 e. The van der Waals surface area contributed by atoms with Crippen molar-refractivity contribution in [1.29, 1.82) is 0 Å². The highest BCUT2D eigenvalue weighted by Crippen LogP contribution is 2.21. The van der Waals surface area contributed by atoms with Crippen molar-refractivity contribution in [3.63, 3.8) is 0 Å². The summed E-state index contributed by atoms with van der Waals surface area (Å²) in [5, 5.41) is 10.4. The Balaban J connectivity index is 1.47. The van der Waals surface area contributed by atoms with Gasteiger partial charge in [-0.05, 0) is 43.2 Å². The average Bonchev–Trinajstić information content (AvgIpc) is 2.79. The van der Waals surface area contributed by atoms with Crippen molar-refractivity contribution in [2.24, 2.45) is 0 Å². The largest absolute Gasteiger partial charge is 0.346 e. The summed E-state index contributed by atoms with van der Waals surface area (Å²) < 4.78 is 26.9. The molecule has 1 amide bonds. The van der Waals surface area contributed by atoms with Gasteiger partial charge in [-0.25, -0.2) is 13.5 Å². The third kappa shape index (κ3) is 3.99. The normalized spacial score (nSPS) is 15.2. The van der Waals surface area contributed by atoms with Gasteiger partial charge in [0.2, 0.25) is 10.0 Å². The highest BCUT2D eigenvalue weighted by Gasteiger charge is 2.25. The van der Waals surface area contributed by atoms with Crippen LogP contribution in [0.2, 0.25) is 0 Å². The Bertz CT molecular complexity index is 1230. The molecule has 8 nitrogen and oxygen atoms in total. The standard InChI is InChI=1S/C21H22N4O4S/c26-20(22-14-19-17-6-2-3-7-18(17)21(27)24-23-19)15-8-10-16(11-9-15)30(28,29)25-12-4-1-5-13-25/h2-3,6-11H,1,4-5,12-14H2,(H,22,26)(H,24,27). The molecule has 2 N–H and O–H groups in total. The lowest BCUT2D eigenvalue weighted by Gasteiger charge is -2.25. The Hall–Kier alpha value is -3.04. The molecule has 0 bridgehead atoms. The second kappa shape index (κ2) is 8.37. The Labute approximate surface area is 174 Å². The molecule has 2 heterocycles. The summed E-state index contributed by atoms with van der Waals surface area (Å²) in [6.07, 6.45) is 2.78.